The number of alkyl halides is 3. The molecule has 0 bridgehead atoms. The number of nitrogens with one attached hydrogen (secondary N) is 2. The number of carbonyl (C=O) groups is 1. The molecule has 0 radical (unpaired) electrons. The van der Waals surface area contributed by atoms with Crippen molar-refractivity contribution >= 4 is 11.6 Å². The van der Waals surface area contributed by atoms with E-state index < -0.39 is 29.4 Å². The normalized spacial score (nSPS) is 23.4. The number of aromatic nitrogens is 1. The number of nitrogen functional groups attached to an aromatic ring is 1. The zero-order valence-electron chi connectivity index (χ0n) is 16.5. The molecule has 1 fully saturated rings. The van der Waals surface area contributed by atoms with Gasteiger partial charge in [-0.3, -0.25) is 9.69 Å². The van der Waals surface area contributed by atoms with Gasteiger partial charge in [0.1, 0.15) is 5.82 Å². The predicted octanol–water partition coefficient (Wildman–Crippen LogP) is 2.47. The summed E-state index contributed by atoms with van der Waals surface area (Å²) in [7, 11) is 0. The van der Waals surface area contributed by atoms with Crippen LogP contribution in [0, 0.1) is 5.92 Å². The first-order valence-electron chi connectivity index (χ1n) is 9.65. The molecule has 1 aromatic heterocycles. The van der Waals surface area contributed by atoms with Crippen LogP contribution in [0.25, 0.3) is 0 Å². The van der Waals surface area contributed by atoms with Crippen molar-refractivity contribution in [3.63, 3.8) is 0 Å². The number of dihydropyridines is 1. The third-order valence-corrected chi connectivity index (χ3v) is 5.06. The summed E-state index contributed by atoms with van der Waals surface area (Å²) in [6.07, 6.45) is -0.369. The van der Waals surface area contributed by atoms with Gasteiger partial charge < -0.3 is 16.4 Å². The second-order valence-electron chi connectivity index (χ2n) is 7.78. The first-order valence-corrected chi connectivity index (χ1v) is 9.65. The van der Waals surface area contributed by atoms with Gasteiger partial charge in [0.25, 0.3) is 0 Å². The van der Waals surface area contributed by atoms with Crippen molar-refractivity contribution in [1.29, 1.82) is 0 Å². The van der Waals surface area contributed by atoms with Crippen molar-refractivity contribution in [2.24, 2.45) is 5.92 Å². The van der Waals surface area contributed by atoms with E-state index >= 15 is 0 Å². The summed E-state index contributed by atoms with van der Waals surface area (Å²) in [5.74, 6) is -0.408. The number of allylic oxidation sites excluding steroid dienone is 3. The Bertz CT molecular complexity index is 819. The fourth-order valence-corrected chi connectivity index (χ4v) is 3.76. The molecule has 9 heteroatoms. The smallest absolute Gasteiger partial charge is 0.383 e. The van der Waals surface area contributed by atoms with Crippen molar-refractivity contribution in [2.75, 3.05) is 25.4 Å². The number of piperazine rings is 1. The van der Waals surface area contributed by atoms with Gasteiger partial charge in [0.15, 0.2) is 0 Å². The molecular formula is C20H26F3N5O. The summed E-state index contributed by atoms with van der Waals surface area (Å²) in [4.78, 5) is 18.8. The van der Waals surface area contributed by atoms with E-state index in [1.54, 1.807) is 0 Å². The molecule has 2 aliphatic heterocycles. The number of carbonyl (C=O) groups excluding carboxylic acids is 1. The fraction of sp³-hybridized carbons (Fsp3) is 0.500. The SMILES string of the molecule is CC(C)C[C@H]1CN(C2C=CC(C(F)(F)F)=C(C(=O)c3cccnc3N)N2)CCN1. The van der Waals surface area contributed by atoms with Gasteiger partial charge in [0.2, 0.25) is 5.78 Å². The van der Waals surface area contributed by atoms with Crippen LogP contribution in [0.3, 0.4) is 0 Å². The molecule has 0 aliphatic carbocycles. The summed E-state index contributed by atoms with van der Waals surface area (Å²) < 4.78 is 40.7. The zero-order valence-corrected chi connectivity index (χ0v) is 16.5. The Morgan fingerprint density at radius 1 is 1.41 bits per heavy atom. The third kappa shape index (κ3) is 4.97. The number of hydrogen-bond donors (Lipinski definition) is 3. The van der Waals surface area contributed by atoms with E-state index in [2.05, 4.69) is 29.5 Å². The van der Waals surface area contributed by atoms with Crippen LogP contribution >= 0.6 is 0 Å². The average Bonchev–Trinajstić information content (AvgIpc) is 2.66. The maximum absolute atomic E-state index is 13.6. The summed E-state index contributed by atoms with van der Waals surface area (Å²) in [6.45, 7) is 6.34. The van der Waals surface area contributed by atoms with Crippen LogP contribution < -0.4 is 16.4 Å². The molecule has 3 rings (SSSR count). The van der Waals surface area contributed by atoms with Crippen LogP contribution in [-0.2, 0) is 0 Å². The Morgan fingerprint density at radius 2 is 2.17 bits per heavy atom. The topological polar surface area (TPSA) is 83.3 Å². The quantitative estimate of drug-likeness (QED) is 0.648. The number of pyridine rings is 1. The molecule has 158 valence electrons. The molecule has 29 heavy (non-hydrogen) atoms. The number of ketones is 1. The highest BCUT2D eigenvalue weighted by molar-refractivity contribution is 6.11. The van der Waals surface area contributed by atoms with Gasteiger partial charge in [-0.2, -0.15) is 13.2 Å². The lowest BCUT2D eigenvalue weighted by Crippen LogP contribution is -2.58. The largest absolute Gasteiger partial charge is 0.418 e. The summed E-state index contributed by atoms with van der Waals surface area (Å²) in [5, 5.41) is 6.26. The number of rotatable bonds is 5. The minimum atomic E-state index is -4.67. The van der Waals surface area contributed by atoms with Gasteiger partial charge in [0.05, 0.1) is 23.0 Å². The van der Waals surface area contributed by atoms with Crippen molar-refractivity contribution in [3.05, 3.63) is 47.3 Å². The van der Waals surface area contributed by atoms with Gasteiger partial charge >= 0.3 is 6.18 Å². The van der Waals surface area contributed by atoms with Gasteiger partial charge in [-0.1, -0.05) is 13.8 Å². The van der Waals surface area contributed by atoms with Gasteiger partial charge in [0, 0.05) is 31.9 Å². The van der Waals surface area contributed by atoms with Crippen molar-refractivity contribution in [3.8, 4) is 0 Å². The van der Waals surface area contributed by atoms with E-state index in [-0.39, 0.29) is 17.4 Å². The molecule has 2 atom stereocenters. The third-order valence-electron chi connectivity index (χ3n) is 5.06. The molecule has 0 spiro atoms. The zero-order chi connectivity index (χ0) is 21.2. The number of Topliss-reactive ketones (excluding diaryl/α,β-unsaturated/α-hetero) is 1. The maximum atomic E-state index is 13.6. The molecule has 1 unspecified atom stereocenters. The molecule has 6 nitrogen and oxygen atoms in total. The lowest BCUT2D eigenvalue weighted by Gasteiger charge is -2.40. The Balaban J connectivity index is 1.86. The van der Waals surface area contributed by atoms with E-state index in [9.17, 15) is 18.0 Å². The highest BCUT2D eigenvalue weighted by Crippen LogP contribution is 2.33. The van der Waals surface area contributed by atoms with Crippen LogP contribution in [-0.4, -0.2) is 53.7 Å². The summed E-state index contributed by atoms with van der Waals surface area (Å²) in [6, 6.07) is 3.10. The van der Waals surface area contributed by atoms with Crippen molar-refractivity contribution in [2.45, 2.75) is 38.7 Å². The van der Waals surface area contributed by atoms with Gasteiger partial charge in [-0.25, -0.2) is 4.98 Å². The molecule has 0 aromatic carbocycles. The second kappa shape index (κ2) is 8.54. The Labute approximate surface area is 168 Å². The highest BCUT2D eigenvalue weighted by Gasteiger charge is 2.40. The second-order valence-corrected chi connectivity index (χ2v) is 7.78. The number of nitrogens with two attached hydrogens (primary N) is 1. The van der Waals surface area contributed by atoms with Crippen molar-refractivity contribution in [1.82, 2.24) is 20.5 Å². The van der Waals surface area contributed by atoms with Crippen LogP contribution in [0.2, 0.25) is 0 Å². The van der Waals surface area contributed by atoms with Crippen molar-refractivity contribution < 1.29 is 18.0 Å². The summed E-state index contributed by atoms with van der Waals surface area (Å²) >= 11 is 0. The average molecular weight is 409 g/mol. The van der Waals surface area contributed by atoms with E-state index in [1.807, 2.05) is 4.90 Å². The van der Waals surface area contributed by atoms with Crippen LogP contribution in [0.15, 0.2) is 41.8 Å². The fourth-order valence-electron chi connectivity index (χ4n) is 3.76. The Hall–Kier alpha value is -2.39. The molecule has 4 N–H and O–H groups in total. The Morgan fingerprint density at radius 3 is 2.83 bits per heavy atom. The van der Waals surface area contributed by atoms with E-state index in [0.717, 1.165) is 19.0 Å². The van der Waals surface area contributed by atoms with Crippen LogP contribution in [0.4, 0.5) is 19.0 Å². The van der Waals surface area contributed by atoms with Gasteiger partial charge in [-0.15, -0.1) is 0 Å². The van der Waals surface area contributed by atoms with Crippen LogP contribution in [0.5, 0.6) is 0 Å². The Kier molecular flexibility index (Phi) is 6.28. The standard InChI is InChI=1S/C20H26F3N5O/c1-12(2)10-13-11-28(9-8-25-13)16-6-5-15(20(21,22)23)17(27-16)18(29)14-4-3-7-26-19(14)24/h3-7,12-13,16,25,27H,8-11H2,1-2H3,(H2,24,26)/t13-,16?/m0/s1. The predicted molar refractivity (Wildman–Crippen MR) is 105 cm³/mol. The van der Waals surface area contributed by atoms with E-state index in [1.165, 1.54) is 24.4 Å². The molecule has 1 aromatic rings. The first-order chi connectivity index (χ1) is 13.7. The molecule has 0 amide bonds. The maximum Gasteiger partial charge on any atom is 0.418 e. The van der Waals surface area contributed by atoms with E-state index in [4.69, 9.17) is 5.73 Å². The first kappa shape index (κ1) is 21.3. The molecule has 2 aliphatic rings. The van der Waals surface area contributed by atoms with E-state index in [0.29, 0.717) is 19.0 Å². The lowest BCUT2D eigenvalue weighted by molar-refractivity contribution is -0.0897. The molecule has 0 saturated carbocycles. The lowest BCUT2D eigenvalue weighted by atomic mass is 9.99. The monoisotopic (exact) mass is 409 g/mol. The number of nitrogens with zero attached hydrogens (tertiary/aromatic N) is 2. The summed E-state index contributed by atoms with van der Waals surface area (Å²) in [5.41, 5.74) is 4.17. The number of halogens is 3. The highest BCUT2D eigenvalue weighted by atomic mass is 19.4. The molecule has 1 saturated heterocycles. The number of hydrogen-bond acceptors (Lipinski definition) is 6. The minimum absolute atomic E-state index is 0.0520. The molecular weight excluding hydrogens is 383 g/mol. The van der Waals surface area contributed by atoms with Gasteiger partial charge in [-0.05, 0) is 36.6 Å². The minimum Gasteiger partial charge on any atom is -0.383 e. The molecule has 3 heterocycles. The van der Waals surface area contributed by atoms with Crippen LogP contribution in [0.1, 0.15) is 30.6 Å². The number of anilines is 1.